The SMILES string of the molecule is O=C(O)C[C@@H](c1ccc(CS(=O)[O-])c(Cl)c1)C1CCCC1. The number of halogens is 1. The highest BCUT2D eigenvalue weighted by Crippen LogP contribution is 2.40. The Bertz CT molecular complexity index is 540. The minimum atomic E-state index is -2.18. The van der Waals surface area contributed by atoms with Crippen LogP contribution >= 0.6 is 11.6 Å². The van der Waals surface area contributed by atoms with Gasteiger partial charge < -0.3 is 9.66 Å². The fourth-order valence-electron chi connectivity index (χ4n) is 3.14. The third-order valence-corrected chi connectivity index (χ3v) is 5.04. The number of hydrogen-bond acceptors (Lipinski definition) is 3. The molecule has 0 aromatic heterocycles. The van der Waals surface area contributed by atoms with E-state index in [9.17, 15) is 13.6 Å². The van der Waals surface area contributed by atoms with Crippen molar-refractivity contribution < 1.29 is 18.7 Å². The van der Waals surface area contributed by atoms with Crippen LogP contribution < -0.4 is 0 Å². The van der Waals surface area contributed by atoms with Gasteiger partial charge in [-0.2, -0.15) is 0 Å². The maximum Gasteiger partial charge on any atom is 0.303 e. The molecule has 0 aliphatic heterocycles. The van der Waals surface area contributed by atoms with Crippen molar-refractivity contribution in [2.45, 2.75) is 43.8 Å². The van der Waals surface area contributed by atoms with E-state index in [-0.39, 0.29) is 18.1 Å². The van der Waals surface area contributed by atoms with Crippen molar-refractivity contribution in [1.82, 2.24) is 0 Å². The summed E-state index contributed by atoms with van der Waals surface area (Å²) in [6.45, 7) is 0. The second-order valence-corrected chi connectivity index (χ2v) is 6.85. The second-order valence-electron chi connectivity index (χ2n) is 5.55. The Morgan fingerprint density at radius 3 is 2.62 bits per heavy atom. The Morgan fingerprint density at radius 1 is 1.43 bits per heavy atom. The predicted molar refractivity (Wildman–Crippen MR) is 81.0 cm³/mol. The smallest absolute Gasteiger partial charge is 0.303 e. The Balaban J connectivity index is 2.24. The molecule has 0 heterocycles. The van der Waals surface area contributed by atoms with Crippen LogP contribution in [0.15, 0.2) is 18.2 Å². The molecule has 1 aromatic carbocycles. The first-order chi connectivity index (χ1) is 9.97. The first kappa shape index (κ1) is 16.5. The van der Waals surface area contributed by atoms with Crippen molar-refractivity contribution in [1.29, 1.82) is 0 Å². The van der Waals surface area contributed by atoms with Crippen LogP contribution in [-0.2, 0) is 21.6 Å². The van der Waals surface area contributed by atoms with Crippen LogP contribution in [0.2, 0.25) is 5.02 Å². The van der Waals surface area contributed by atoms with Crippen LogP contribution in [0.25, 0.3) is 0 Å². The largest absolute Gasteiger partial charge is 0.772 e. The van der Waals surface area contributed by atoms with Crippen molar-refractivity contribution in [3.8, 4) is 0 Å². The maximum atomic E-state index is 11.1. The molecule has 0 amide bonds. The lowest BCUT2D eigenvalue weighted by atomic mass is 9.82. The molecule has 4 nitrogen and oxygen atoms in total. The van der Waals surface area contributed by atoms with Crippen molar-refractivity contribution in [3.05, 3.63) is 34.3 Å². The van der Waals surface area contributed by atoms with Crippen LogP contribution in [0, 0.1) is 5.92 Å². The zero-order chi connectivity index (χ0) is 15.4. The molecule has 6 heteroatoms. The van der Waals surface area contributed by atoms with E-state index in [1.54, 1.807) is 12.1 Å². The summed E-state index contributed by atoms with van der Waals surface area (Å²) >= 11 is 3.96. The summed E-state index contributed by atoms with van der Waals surface area (Å²) in [4.78, 5) is 11.1. The molecule has 1 fully saturated rings. The first-order valence-electron chi connectivity index (χ1n) is 7.03. The molecule has 21 heavy (non-hydrogen) atoms. The van der Waals surface area contributed by atoms with E-state index in [0.29, 0.717) is 16.5 Å². The number of benzene rings is 1. The summed E-state index contributed by atoms with van der Waals surface area (Å²) in [5.74, 6) is -0.606. The van der Waals surface area contributed by atoms with Gasteiger partial charge in [0.25, 0.3) is 0 Å². The van der Waals surface area contributed by atoms with Gasteiger partial charge in [0.2, 0.25) is 0 Å². The molecule has 1 saturated carbocycles. The van der Waals surface area contributed by atoms with Gasteiger partial charge in [-0.15, -0.1) is 0 Å². The van der Waals surface area contributed by atoms with Crippen LogP contribution in [0.5, 0.6) is 0 Å². The molecular formula is C15H18ClO4S-. The summed E-state index contributed by atoms with van der Waals surface area (Å²) < 4.78 is 21.5. The van der Waals surface area contributed by atoms with E-state index in [0.717, 1.165) is 31.2 Å². The van der Waals surface area contributed by atoms with Gasteiger partial charge >= 0.3 is 5.97 Å². The summed E-state index contributed by atoms with van der Waals surface area (Å²) in [7, 11) is 0. The van der Waals surface area contributed by atoms with Crippen molar-refractivity contribution in [2.75, 3.05) is 0 Å². The number of hydrogen-bond donors (Lipinski definition) is 1. The van der Waals surface area contributed by atoms with Gasteiger partial charge in [-0.25, -0.2) is 0 Å². The molecule has 0 spiro atoms. The zero-order valence-electron chi connectivity index (χ0n) is 11.6. The topological polar surface area (TPSA) is 77.4 Å². The first-order valence-corrected chi connectivity index (χ1v) is 8.65. The quantitative estimate of drug-likeness (QED) is 0.811. The van der Waals surface area contributed by atoms with E-state index in [1.807, 2.05) is 6.07 Å². The lowest BCUT2D eigenvalue weighted by Crippen LogP contribution is -2.14. The van der Waals surface area contributed by atoms with Crippen LogP contribution in [0.1, 0.15) is 49.1 Å². The predicted octanol–water partition coefficient (Wildman–Crippen LogP) is 3.47. The third-order valence-electron chi connectivity index (χ3n) is 4.14. The van der Waals surface area contributed by atoms with E-state index in [4.69, 9.17) is 16.7 Å². The lowest BCUT2D eigenvalue weighted by Gasteiger charge is -2.23. The molecule has 1 N–H and O–H groups in total. The number of carbonyl (C=O) groups is 1. The molecule has 1 aromatic rings. The van der Waals surface area contributed by atoms with Gasteiger partial charge in [-0.05, 0) is 41.9 Å². The van der Waals surface area contributed by atoms with E-state index in [1.165, 1.54) is 0 Å². The van der Waals surface area contributed by atoms with Crippen molar-refractivity contribution in [2.24, 2.45) is 5.92 Å². The average molecular weight is 330 g/mol. The number of aliphatic carboxylic acids is 1. The summed E-state index contributed by atoms with van der Waals surface area (Å²) in [5.41, 5.74) is 1.45. The monoisotopic (exact) mass is 329 g/mol. The molecule has 0 radical (unpaired) electrons. The third kappa shape index (κ3) is 4.53. The van der Waals surface area contributed by atoms with E-state index < -0.39 is 17.0 Å². The molecule has 1 unspecified atom stereocenters. The van der Waals surface area contributed by atoms with E-state index in [2.05, 4.69) is 0 Å². The highest BCUT2D eigenvalue weighted by atomic mass is 35.5. The Hall–Kier alpha value is -0.910. The molecule has 1 aliphatic carbocycles. The van der Waals surface area contributed by atoms with Gasteiger partial charge in [0.1, 0.15) is 0 Å². The van der Waals surface area contributed by atoms with Crippen LogP contribution in [0.4, 0.5) is 0 Å². The summed E-state index contributed by atoms with van der Waals surface area (Å²) in [6, 6.07) is 5.24. The normalized spacial score (nSPS) is 18.6. The highest BCUT2D eigenvalue weighted by molar-refractivity contribution is 7.78. The minimum absolute atomic E-state index is 0.0469. The fraction of sp³-hybridized carbons (Fsp3) is 0.533. The van der Waals surface area contributed by atoms with Crippen molar-refractivity contribution >= 4 is 28.7 Å². The lowest BCUT2D eigenvalue weighted by molar-refractivity contribution is -0.137. The van der Waals surface area contributed by atoms with Crippen LogP contribution in [-0.4, -0.2) is 19.8 Å². The molecule has 116 valence electrons. The van der Waals surface area contributed by atoms with Crippen molar-refractivity contribution in [3.63, 3.8) is 0 Å². The van der Waals surface area contributed by atoms with E-state index >= 15 is 0 Å². The van der Waals surface area contributed by atoms with Gasteiger partial charge in [-0.3, -0.25) is 9.00 Å². The molecular weight excluding hydrogens is 312 g/mol. The molecule has 0 bridgehead atoms. The fourth-order valence-corrected chi connectivity index (χ4v) is 3.98. The van der Waals surface area contributed by atoms with Gasteiger partial charge in [0.15, 0.2) is 0 Å². The molecule has 2 rings (SSSR count). The number of rotatable bonds is 6. The highest BCUT2D eigenvalue weighted by Gasteiger charge is 2.28. The Labute approximate surface area is 131 Å². The number of carboxylic acid groups (broad SMARTS) is 1. The molecule has 2 atom stereocenters. The summed E-state index contributed by atoms with van der Waals surface area (Å²) in [5, 5.41) is 9.53. The average Bonchev–Trinajstić information content (AvgIpc) is 2.91. The second kappa shape index (κ2) is 7.38. The van der Waals surface area contributed by atoms with Gasteiger partial charge in [-0.1, -0.05) is 47.7 Å². The molecule has 1 aliphatic rings. The van der Waals surface area contributed by atoms with Gasteiger partial charge in [0, 0.05) is 10.8 Å². The zero-order valence-corrected chi connectivity index (χ0v) is 13.2. The summed E-state index contributed by atoms with van der Waals surface area (Å²) in [6.07, 6.45) is 4.46. The minimum Gasteiger partial charge on any atom is -0.772 e. The Kier molecular flexibility index (Phi) is 5.79. The van der Waals surface area contributed by atoms with Gasteiger partial charge in [0.05, 0.1) is 6.42 Å². The van der Waals surface area contributed by atoms with Crippen LogP contribution in [0.3, 0.4) is 0 Å². The number of carboxylic acids is 1. The Morgan fingerprint density at radius 2 is 2.10 bits per heavy atom. The standard InChI is InChI=1S/C15H19ClO4S/c16-14-7-11(5-6-12(14)9-21(19)20)13(8-15(17)18)10-3-1-2-4-10/h5-7,10,13H,1-4,8-9H2,(H,17,18)(H,19,20)/p-1/t13-/m1/s1. The molecule has 0 saturated heterocycles. The maximum absolute atomic E-state index is 11.1.